The molecule has 0 saturated heterocycles. The van der Waals surface area contributed by atoms with Crippen molar-refractivity contribution in [2.75, 3.05) is 7.11 Å². The zero-order valence-corrected chi connectivity index (χ0v) is 13.7. The van der Waals surface area contributed by atoms with Crippen LogP contribution in [-0.2, 0) is 0 Å². The van der Waals surface area contributed by atoms with E-state index in [-0.39, 0.29) is 4.83 Å². The van der Waals surface area contributed by atoms with Crippen LogP contribution >= 0.6 is 47.8 Å². The second kappa shape index (κ2) is 5.59. The van der Waals surface area contributed by atoms with Crippen molar-refractivity contribution in [2.45, 2.75) is 4.83 Å². The van der Waals surface area contributed by atoms with Gasteiger partial charge in [0.1, 0.15) is 5.75 Å². The monoisotopic (exact) mass is 422 g/mol. The average molecular weight is 425 g/mol. The molecule has 0 bridgehead atoms. The Labute approximate surface area is 125 Å². The van der Waals surface area contributed by atoms with E-state index < -0.39 is 0 Å². The second-order valence-electron chi connectivity index (χ2n) is 3.40. The van der Waals surface area contributed by atoms with E-state index in [1.165, 1.54) is 0 Å². The fourth-order valence-electron chi connectivity index (χ4n) is 1.56. The van der Waals surface area contributed by atoms with Crippen LogP contribution in [-0.4, -0.2) is 7.11 Å². The normalized spacial score (nSPS) is 12.5. The second-order valence-corrected chi connectivity index (χ2v) is 5.95. The van der Waals surface area contributed by atoms with Gasteiger partial charge in [-0.05, 0) is 40.2 Å². The standard InChI is InChI=1S/C12H9Br3O2/c1-16-10-3-2-7(13)6-9(10)11(14)8-4-5-17-12(8)15/h2-6,11H,1H3. The van der Waals surface area contributed by atoms with Crippen LogP contribution in [0.1, 0.15) is 16.0 Å². The molecular weight excluding hydrogens is 416 g/mol. The Hall–Kier alpha value is -0.260. The van der Waals surface area contributed by atoms with Crippen LogP contribution in [0.15, 0.2) is 44.1 Å². The molecule has 0 spiro atoms. The summed E-state index contributed by atoms with van der Waals surface area (Å²) < 4.78 is 12.3. The number of methoxy groups -OCH3 is 1. The fraction of sp³-hybridized carbons (Fsp3) is 0.167. The topological polar surface area (TPSA) is 22.4 Å². The molecule has 17 heavy (non-hydrogen) atoms. The highest BCUT2D eigenvalue weighted by Crippen LogP contribution is 2.41. The van der Waals surface area contributed by atoms with Gasteiger partial charge in [-0.2, -0.15) is 0 Å². The highest BCUT2D eigenvalue weighted by Gasteiger charge is 2.19. The lowest BCUT2D eigenvalue weighted by atomic mass is 10.1. The van der Waals surface area contributed by atoms with Crippen LogP contribution in [0.5, 0.6) is 5.75 Å². The zero-order chi connectivity index (χ0) is 12.4. The van der Waals surface area contributed by atoms with Crippen molar-refractivity contribution in [1.82, 2.24) is 0 Å². The van der Waals surface area contributed by atoms with Crippen molar-refractivity contribution in [1.29, 1.82) is 0 Å². The third-order valence-electron chi connectivity index (χ3n) is 2.38. The number of halogens is 3. The quantitative estimate of drug-likeness (QED) is 0.624. The molecule has 0 N–H and O–H groups in total. The largest absolute Gasteiger partial charge is 0.496 e. The molecule has 0 aliphatic heterocycles. The average Bonchev–Trinajstić information content (AvgIpc) is 2.74. The van der Waals surface area contributed by atoms with Gasteiger partial charge in [-0.1, -0.05) is 31.9 Å². The molecule has 0 aliphatic rings. The first-order valence-electron chi connectivity index (χ1n) is 4.84. The van der Waals surface area contributed by atoms with Crippen molar-refractivity contribution in [3.63, 3.8) is 0 Å². The summed E-state index contributed by atoms with van der Waals surface area (Å²) in [5.41, 5.74) is 2.07. The number of rotatable bonds is 3. The first-order valence-corrected chi connectivity index (χ1v) is 7.34. The van der Waals surface area contributed by atoms with Gasteiger partial charge in [-0.25, -0.2) is 0 Å². The van der Waals surface area contributed by atoms with Gasteiger partial charge in [0.25, 0.3) is 0 Å². The molecule has 90 valence electrons. The van der Waals surface area contributed by atoms with Crippen LogP contribution in [0.2, 0.25) is 0 Å². The van der Waals surface area contributed by atoms with E-state index in [1.807, 2.05) is 24.3 Å². The van der Waals surface area contributed by atoms with Crippen LogP contribution in [0, 0.1) is 0 Å². The van der Waals surface area contributed by atoms with Gasteiger partial charge in [0.15, 0.2) is 4.67 Å². The number of benzene rings is 1. The molecule has 0 amide bonds. The van der Waals surface area contributed by atoms with E-state index >= 15 is 0 Å². The summed E-state index contributed by atoms with van der Waals surface area (Å²) >= 11 is 10.5. The van der Waals surface area contributed by atoms with Crippen LogP contribution in [0.4, 0.5) is 0 Å². The molecule has 0 radical (unpaired) electrons. The van der Waals surface area contributed by atoms with Crippen LogP contribution in [0.3, 0.4) is 0 Å². The summed E-state index contributed by atoms with van der Waals surface area (Å²) in [6.07, 6.45) is 1.65. The van der Waals surface area contributed by atoms with E-state index in [1.54, 1.807) is 13.4 Å². The predicted molar refractivity (Wildman–Crippen MR) is 77.9 cm³/mol. The molecule has 2 nitrogen and oxygen atoms in total. The minimum atomic E-state index is 0.0167. The van der Waals surface area contributed by atoms with E-state index in [9.17, 15) is 0 Å². The molecule has 5 heteroatoms. The Bertz CT molecular complexity index is 522. The van der Waals surface area contributed by atoms with Crippen LogP contribution < -0.4 is 4.74 Å². The summed E-state index contributed by atoms with van der Waals surface area (Å²) in [5, 5.41) is 0. The molecule has 1 heterocycles. The van der Waals surface area contributed by atoms with E-state index in [2.05, 4.69) is 47.8 Å². The van der Waals surface area contributed by atoms with Crippen molar-refractivity contribution in [3.8, 4) is 5.75 Å². The molecule has 2 aromatic rings. The number of alkyl halides is 1. The third kappa shape index (κ3) is 2.77. The molecule has 1 aromatic carbocycles. The summed E-state index contributed by atoms with van der Waals surface area (Å²) in [5.74, 6) is 0.836. The molecule has 2 rings (SSSR count). The van der Waals surface area contributed by atoms with Crippen molar-refractivity contribution in [3.05, 3.63) is 50.8 Å². The maximum atomic E-state index is 5.36. The maximum Gasteiger partial charge on any atom is 0.173 e. The lowest BCUT2D eigenvalue weighted by Gasteiger charge is -2.14. The van der Waals surface area contributed by atoms with Crippen molar-refractivity contribution >= 4 is 47.8 Å². The van der Waals surface area contributed by atoms with Crippen LogP contribution in [0.25, 0.3) is 0 Å². The Morgan fingerprint density at radius 3 is 2.53 bits per heavy atom. The number of hydrogen-bond donors (Lipinski definition) is 0. The third-order valence-corrected chi connectivity index (χ3v) is 4.51. The Balaban J connectivity index is 2.46. The summed E-state index contributed by atoms with van der Waals surface area (Å²) in [6, 6.07) is 7.83. The number of hydrogen-bond acceptors (Lipinski definition) is 2. The van der Waals surface area contributed by atoms with Crippen molar-refractivity contribution in [2.24, 2.45) is 0 Å². The Kier molecular flexibility index (Phi) is 4.33. The van der Waals surface area contributed by atoms with E-state index in [4.69, 9.17) is 9.15 Å². The Morgan fingerprint density at radius 1 is 1.18 bits per heavy atom. The summed E-state index contributed by atoms with van der Waals surface area (Å²) in [4.78, 5) is 0.0167. The summed E-state index contributed by atoms with van der Waals surface area (Å²) in [7, 11) is 1.66. The van der Waals surface area contributed by atoms with E-state index in [0.717, 1.165) is 26.0 Å². The minimum Gasteiger partial charge on any atom is -0.496 e. The van der Waals surface area contributed by atoms with E-state index in [0.29, 0.717) is 0 Å². The Morgan fingerprint density at radius 2 is 1.94 bits per heavy atom. The van der Waals surface area contributed by atoms with Gasteiger partial charge in [-0.3, -0.25) is 0 Å². The lowest BCUT2D eigenvalue weighted by molar-refractivity contribution is 0.410. The first kappa shape index (κ1) is 13.2. The van der Waals surface area contributed by atoms with Gasteiger partial charge >= 0.3 is 0 Å². The zero-order valence-electron chi connectivity index (χ0n) is 8.91. The highest BCUT2D eigenvalue weighted by molar-refractivity contribution is 9.11. The molecule has 0 aliphatic carbocycles. The lowest BCUT2D eigenvalue weighted by Crippen LogP contribution is -1.96. The van der Waals surface area contributed by atoms with Gasteiger partial charge in [0.2, 0.25) is 0 Å². The van der Waals surface area contributed by atoms with Gasteiger partial charge in [0, 0.05) is 15.6 Å². The number of furan rings is 1. The molecule has 1 unspecified atom stereocenters. The molecule has 1 atom stereocenters. The SMILES string of the molecule is COc1ccc(Br)cc1C(Br)c1ccoc1Br. The first-order chi connectivity index (χ1) is 8.13. The maximum absolute atomic E-state index is 5.36. The smallest absolute Gasteiger partial charge is 0.173 e. The minimum absolute atomic E-state index is 0.0167. The van der Waals surface area contributed by atoms with Gasteiger partial charge < -0.3 is 9.15 Å². The van der Waals surface area contributed by atoms with Gasteiger partial charge in [0.05, 0.1) is 18.2 Å². The number of ether oxygens (including phenoxy) is 1. The molecule has 1 aromatic heterocycles. The molecular formula is C12H9Br3O2. The van der Waals surface area contributed by atoms with Gasteiger partial charge in [-0.15, -0.1) is 0 Å². The van der Waals surface area contributed by atoms with Crippen molar-refractivity contribution < 1.29 is 9.15 Å². The summed E-state index contributed by atoms with van der Waals surface area (Å²) in [6.45, 7) is 0. The molecule has 0 fully saturated rings. The highest BCUT2D eigenvalue weighted by atomic mass is 79.9. The predicted octanol–water partition coefficient (Wildman–Crippen LogP) is 5.30. The fourth-order valence-corrected chi connectivity index (χ4v) is 3.43. The molecule has 0 saturated carbocycles.